The number of aromatic nitrogens is 1. The standard InChI is InChI=1S/C15H12N2OS/c1-2-4-13(5-3-1)18-14-8-6-12(7-9-14)17-15-16-10-11-19-15/h1-11H,(H,16,17). The molecule has 4 heteroatoms. The molecule has 2 aromatic carbocycles. The maximum atomic E-state index is 5.73. The number of ether oxygens (including phenoxy) is 1. The second-order valence-electron chi connectivity index (χ2n) is 3.90. The average Bonchev–Trinajstić information content (AvgIpc) is 2.95. The fraction of sp³-hybridized carbons (Fsp3) is 0. The second-order valence-corrected chi connectivity index (χ2v) is 4.80. The van der Waals surface area contributed by atoms with Gasteiger partial charge in [0.25, 0.3) is 0 Å². The summed E-state index contributed by atoms with van der Waals surface area (Å²) in [5.41, 5.74) is 0.996. The number of nitrogens with zero attached hydrogens (tertiary/aromatic N) is 1. The molecule has 1 aromatic heterocycles. The molecule has 0 saturated heterocycles. The highest BCUT2D eigenvalue weighted by molar-refractivity contribution is 7.13. The molecule has 0 fully saturated rings. The molecule has 0 aliphatic heterocycles. The highest BCUT2D eigenvalue weighted by atomic mass is 32.1. The van der Waals surface area contributed by atoms with Gasteiger partial charge in [-0.1, -0.05) is 18.2 Å². The summed E-state index contributed by atoms with van der Waals surface area (Å²) in [6, 6.07) is 17.5. The van der Waals surface area contributed by atoms with Crippen molar-refractivity contribution < 1.29 is 4.74 Å². The Morgan fingerprint density at radius 1 is 0.895 bits per heavy atom. The van der Waals surface area contributed by atoms with Crippen LogP contribution in [0.1, 0.15) is 0 Å². The van der Waals surface area contributed by atoms with Gasteiger partial charge in [0, 0.05) is 17.3 Å². The number of anilines is 2. The third kappa shape index (κ3) is 3.11. The normalized spacial score (nSPS) is 10.1. The number of hydrogen-bond acceptors (Lipinski definition) is 4. The number of hydrogen-bond donors (Lipinski definition) is 1. The predicted molar refractivity (Wildman–Crippen MR) is 78.4 cm³/mol. The molecule has 1 heterocycles. The van der Waals surface area contributed by atoms with Gasteiger partial charge in [-0.3, -0.25) is 0 Å². The lowest BCUT2D eigenvalue weighted by molar-refractivity contribution is 0.483. The van der Waals surface area contributed by atoms with Gasteiger partial charge in [0.15, 0.2) is 5.13 Å². The van der Waals surface area contributed by atoms with Crippen LogP contribution in [0.5, 0.6) is 11.5 Å². The van der Waals surface area contributed by atoms with Crippen LogP contribution in [0.3, 0.4) is 0 Å². The Labute approximate surface area is 115 Å². The lowest BCUT2D eigenvalue weighted by Gasteiger charge is -2.07. The van der Waals surface area contributed by atoms with E-state index in [4.69, 9.17) is 4.74 Å². The maximum absolute atomic E-state index is 5.73. The first-order valence-corrected chi connectivity index (χ1v) is 6.77. The highest BCUT2D eigenvalue weighted by Gasteiger charge is 1.99. The Bertz CT molecular complexity index is 621. The summed E-state index contributed by atoms with van der Waals surface area (Å²) in [4.78, 5) is 4.18. The monoisotopic (exact) mass is 268 g/mol. The average molecular weight is 268 g/mol. The summed E-state index contributed by atoms with van der Waals surface area (Å²) in [5, 5.41) is 6.05. The summed E-state index contributed by atoms with van der Waals surface area (Å²) >= 11 is 1.57. The van der Waals surface area contributed by atoms with Crippen molar-refractivity contribution in [3.05, 3.63) is 66.2 Å². The molecule has 0 amide bonds. The first-order valence-electron chi connectivity index (χ1n) is 5.90. The van der Waals surface area contributed by atoms with Crippen LogP contribution in [-0.4, -0.2) is 4.98 Å². The molecular formula is C15H12N2OS. The van der Waals surface area contributed by atoms with Gasteiger partial charge in [0.1, 0.15) is 11.5 Å². The Hall–Kier alpha value is -2.33. The molecule has 3 rings (SSSR count). The summed E-state index contributed by atoms with van der Waals surface area (Å²) in [5.74, 6) is 1.65. The first kappa shape index (κ1) is 11.7. The van der Waals surface area contributed by atoms with E-state index < -0.39 is 0 Å². The van der Waals surface area contributed by atoms with Crippen LogP contribution in [0.25, 0.3) is 0 Å². The second kappa shape index (κ2) is 5.54. The molecule has 19 heavy (non-hydrogen) atoms. The van der Waals surface area contributed by atoms with Gasteiger partial charge >= 0.3 is 0 Å². The summed E-state index contributed by atoms with van der Waals surface area (Å²) in [6.45, 7) is 0. The SMILES string of the molecule is c1ccc(Oc2ccc(Nc3nccs3)cc2)cc1. The minimum atomic E-state index is 0.816. The van der Waals surface area contributed by atoms with E-state index in [1.807, 2.05) is 60.0 Å². The van der Waals surface area contributed by atoms with Gasteiger partial charge < -0.3 is 10.1 Å². The molecule has 0 spiro atoms. The van der Waals surface area contributed by atoms with E-state index in [1.54, 1.807) is 17.5 Å². The summed E-state index contributed by atoms with van der Waals surface area (Å²) < 4.78 is 5.73. The van der Waals surface area contributed by atoms with Crippen molar-refractivity contribution in [3.63, 3.8) is 0 Å². The van der Waals surface area contributed by atoms with Crippen molar-refractivity contribution in [2.24, 2.45) is 0 Å². The molecule has 94 valence electrons. The van der Waals surface area contributed by atoms with E-state index in [1.165, 1.54) is 0 Å². The number of nitrogens with one attached hydrogen (secondary N) is 1. The van der Waals surface area contributed by atoms with E-state index in [9.17, 15) is 0 Å². The zero-order valence-corrected chi connectivity index (χ0v) is 10.9. The lowest BCUT2D eigenvalue weighted by atomic mass is 10.3. The zero-order valence-electron chi connectivity index (χ0n) is 10.1. The van der Waals surface area contributed by atoms with Crippen LogP contribution in [0.2, 0.25) is 0 Å². The number of thiazole rings is 1. The van der Waals surface area contributed by atoms with E-state index in [0.717, 1.165) is 22.3 Å². The number of para-hydroxylation sites is 1. The van der Waals surface area contributed by atoms with E-state index in [0.29, 0.717) is 0 Å². The van der Waals surface area contributed by atoms with Gasteiger partial charge in [0.2, 0.25) is 0 Å². The number of benzene rings is 2. The Balaban J connectivity index is 1.69. The van der Waals surface area contributed by atoms with Crippen LogP contribution in [0, 0.1) is 0 Å². The predicted octanol–water partition coefficient (Wildman–Crippen LogP) is 4.68. The molecule has 0 radical (unpaired) electrons. The first-order chi connectivity index (χ1) is 9.40. The molecule has 0 aliphatic carbocycles. The van der Waals surface area contributed by atoms with Crippen molar-refractivity contribution in [1.82, 2.24) is 4.98 Å². The molecule has 3 nitrogen and oxygen atoms in total. The zero-order chi connectivity index (χ0) is 12.9. The molecule has 0 aliphatic rings. The quantitative estimate of drug-likeness (QED) is 0.746. The number of rotatable bonds is 4. The fourth-order valence-electron chi connectivity index (χ4n) is 1.64. The van der Waals surface area contributed by atoms with E-state index in [-0.39, 0.29) is 0 Å². The summed E-state index contributed by atoms with van der Waals surface area (Å²) in [6.07, 6.45) is 1.78. The molecular weight excluding hydrogens is 256 g/mol. The molecule has 3 aromatic rings. The molecule has 0 saturated carbocycles. The smallest absolute Gasteiger partial charge is 0.187 e. The van der Waals surface area contributed by atoms with Crippen LogP contribution in [0.4, 0.5) is 10.8 Å². The van der Waals surface area contributed by atoms with Crippen LogP contribution in [0.15, 0.2) is 66.2 Å². The highest BCUT2D eigenvalue weighted by Crippen LogP contribution is 2.24. The Kier molecular flexibility index (Phi) is 3.42. The molecule has 0 unspecified atom stereocenters. The third-order valence-electron chi connectivity index (χ3n) is 2.52. The van der Waals surface area contributed by atoms with Crippen molar-refractivity contribution >= 4 is 22.2 Å². The van der Waals surface area contributed by atoms with Crippen molar-refractivity contribution in [1.29, 1.82) is 0 Å². The van der Waals surface area contributed by atoms with Gasteiger partial charge in [-0.2, -0.15) is 0 Å². The van der Waals surface area contributed by atoms with Gasteiger partial charge in [-0.05, 0) is 36.4 Å². The minimum Gasteiger partial charge on any atom is -0.457 e. The Morgan fingerprint density at radius 2 is 1.63 bits per heavy atom. The molecule has 1 N–H and O–H groups in total. The minimum absolute atomic E-state index is 0.816. The largest absolute Gasteiger partial charge is 0.457 e. The Morgan fingerprint density at radius 3 is 2.32 bits per heavy atom. The summed E-state index contributed by atoms with van der Waals surface area (Å²) in [7, 11) is 0. The van der Waals surface area contributed by atoms with E-state index >= 15 is 0 Å². The van der Waals surface area contributed by atoms with Crippen molar-refractivity contribution in [2.45, 2.75) is 0 Å². The fourth-order valence-corrected chi connectivity index (χ4v) is 2.19. The van der Waals surface area contributed by atoms with Crippen LogP contribution >= 0.6 is 11.3 Å². The topological polar surface area (TPSA) is 34.1 Å². The van der Waals surface area contributed by atoms with Crippen molar-refractivity contribution in [3.8, 4) is 11.5 Å². The van der Waals surface area contributed by atoms with Gasteiger partial charge in [-0.15, -0.1) is 11.3 Å². The van der Waals surface area contributed by atoms with Gasteiger partial charge in [0.05, 0.1) is 0 Å². The van der Waals surface area contributed by atoms with E-state index in [2.05, 4.69) is 10.3 Å². The van der Waals surface area contributed by atoms with Crippen LogP contribution in [-0.2, 0) is 0 Å². The van der Waals surface area contributed by atoms with Gasteiger partial charge in [-0.25, -0.2) is 4.98 Å². The maximum Gasteiger partial charge on any atom is 0.187 e. The van der Waals surface area contributed by atoms with Crippen LogP contribution < -0.4 is 10.1 Å². The lowest BCUT2D eigenvalue weighted by Crippen LogP contribution is -1.89. The molecule has 0 atom stereocenters. The third-order valence-corrected chi connectivity index (χ3v) is 3.21. The van der Waals surface area contributed by atoms with Crippen molar-refractivity contribution in [2.75, 3.05) is 5.32 Å². The molecule has 0 bridgehead atoms.